The fourth-order valence-electron chi connectivity index (χ4n) is 1.40. The second-order valence-corrected chi connectivity index (χ2v) is 3.57. The molecule has 0 aliphatic heterocycles. The van der Waals surface area contributed by atoms with E-state index in [1.165, 1.54) is 0 Å². The number of hydrogen-bond acceptors (Lipinski definition) is 0. The molecule has 0 bridgehead atoms. The molecule has 0 spiro atoms. The molecule has 0 radical (unpaired) electrons. The lowest BCUT2D eigenvalue weighted by molar-refractivity contribution is 0.581. The van der Waals surface area contributed by atoms with E-state index in [-0.39, 0.29) is 11.1 Å². The molecular formula is C14H6F4. The first-order valence-electron chi connectivity index (χ1n) is 4.97. The number of rotatable bonds is 0. The third-order valence-corrected chi connectivity index (χ3v) is 2.08. The van der Waals surface area contributed by atoms with Crippen molar-refractivity contribution in [2.45, 2.75) is 0 Å². The van der Waals surface area contributed by atoms with Crippen LogP contribution < -0.4 is 0 Å². The SMILES string of the molecule is Fc1cc(F)cc(C#Cc2cc(F)cc(F)c2)c1. The van der Waals surface area contributed by atoms with Gasteiger partial charge in [-0.2, -0.15) is 0 Å². The second kappa shape index (κ2) is 4.92. The quantitative estimate of drug-likeness (QED) is 0.494. The van der Waals surface area contributed by atoms with E-state index in [9.17, 15) is 17.6 Å². The van der Waals surface area contributed by atoms with Crippen molar-refractivity contribution >= 4 is 0 Å². The highest BCUT2D eigenvalue weighted by Crippen LogP contribution is 2.09. The fraction of sp³-hybridized carbons (Fsp3) is 0. The predicted octanol–water partition coefficient (Wildman–Crippen LogP) is 3.64. The molecule has 0 nitrogen and oxygen atoms in total. The van der Waals surface area contributed by atoms with E-state index in [1.54, 1.807) is 0 Å². The van der Waals surface area contributed by atoms with Crippen LogP contribution in [0.2, 0.25) is 0 Å². The first-order valence-corrected chi connectivity index (χ1v) is 4.97. The highest BCUT2D eigenvalue weighted by molar-refractivity contribution is 5.43. The fourth-order valence-corrected chi connectivity index (χ4v) is 1.40. The van der Waals surface area contributed by atoms with Gasteiger partial charge in [0.25, 0.3) is 0 Å². The zero-order chi connectivity index (χ0) is 13.1. The van der Waals surface area contributed by atoms with Crippen LogP contribution in [0.1, 0.15) is 11.1 Å². The average molecular weight is 250 g/mol. The second-order valence-electron chi connectivity index (χ2n) is 3.57. The van der Waals surface area contributed by atoms with Gasteiger partial charge in [0.2, 0.25) is 0 Å². The maximum absolute atomic E-state index is 12.9. The Morgan fingerprint density at radius 1 is 0.500 bits per heavy atom. The van der Waals surface area contributed by atoms with Crippen LogP contribution in [0.15, 0.2) is 36.4 Å². The molecule has 0 aliphatic rings. The van der Waals surface area contributed by atoms with Crippen LogP contribution in [0.4, 0.5) is 17.6 Å². The third kappa shape index (κ3) is 3.11. The van der Waals surface area contributed by atoms with E-state index in [4.69, 9.17) is 0 Å². The highest BCUT2D eigenvalue weighted by Gasteiger charge is 1.99. The molecule has 0 fully saturated rings. The van der Waals surface area contributed by atoms with Crippen molar-refractivity contribution in [3.8, 4) is 11.8 Å². The predicted molar refractivity (Wildman–Crippen MR) is 58.7 cm³/mol. The monoisotopic (exact) mass is 250 g/mol. The zero-order valence-corrected chi connectivity index (χ0v) is 8.98. The van der Waals surface area contributed by atoms with Crippen LogP contribution in [0.3, 0.4) is 0 Å². The van der Waals surface area contributed by atoms with Crippen LogP contribution in [0.25, 0.3) is 0 Å². The Hall–Kier alpha value is -2.28. The molecule has 18 heavy (non-hydrogen) atoms. The van der Waals surface area contributed by atoms with Gasteiger partial charge in [-0.3, -0.25) is 0 Å². The molecule has 0 aromatic heterocycles. The van der Waals surface area contributed by atoms with Gasteiger partial charge >= 0.3 is 0 Å². The van der Waals surface area contributed by atoms with Crippen molar-refractivity contribution in [2.24, 2.45) is 0 Å². The van der Waals surface area contributed by atoms with Gasteiger partial charge < -0.3 is 0 Å². The lowest BCUT2D eigenvalue weighted by Gasteiger charge is -1.94. The topological polar surface area (TPSA) is 0 Å². The third-order valence-electron chi connectivity index (χ3n) is 2.08. The van der Waals surface area contributed by atoms with Crippen molar-refractivity contribution in [3.05, 3.63) is 70.8 Å². The highest BCUT2D eigenvalue weighted by atomic mass is 19.1. The molecule has 0 N–H and O–H groups in total. The molecule has 0 amide bonds. The summed E-state index contributed by atoms with van der Waals surface area (Å²) < 4.78 is 51.4. The zero-order valence-electron chi connectivity index (χ0n) is 8.98. The normalized spacial score (nSPS) is 9.78. The van der Waals surface area contributed by atoms with Crippen molar-refractivity contribution < 1.29 is 17.6 Å². The molecule has 2 aromatic carbocycles. The summed E-state index contributed by atoms with van der Waals surface area (Å²) in [5.74, 6) is 1.83. The maximum atomic E-state index is 12.9. The maximum Gasteiger partial charge on any atom is 0.127 e. The summed E-state index contributed by atoms with van der Waals surface area (Å²) >= 11 is 0. The molecule has 0 aliphatic carbocycles. The molecule has 0 heterocycles. The average Bonchev–Trinajstić information content (AvgIpc) is 2.23. The lowest BCUT2D eigenvalue weighted by Crippen LogP contribution is -1.85. The molecule has 90 valence electrons. The van der Waals surface area contributed by atoms with Crippen molar-refractivity contribution in [1.29, 1.82) is 0 Å². The summed E-state index contributed by atoms with van der Waals surface area (Å²) in [7, 11) is 0. The van der Waals surface area contributed by atoms with Gasteiger partial charge in [-0.25, -0.2) is 17.6 Å². The largest absolute Gasteiger partial charge is 0.207 e. The van der Waals surface area contributed by atoms with Gasteiger partial charge in [0.05, 0.1) is 0 Å². The van der Waals surface area contributed by atoms with Crippen LogP contribution in [0.5, 0.6) is 0 Å². The van der Waals surface area contributed by atoms with Crippen LogP contribution in [-0.4, -0.2) is 0 Å². The first kappa shape index (κ1) is 12.2. The Bertz CT molecular complexity index is 555. The molecule has 0 unspecified atom stereocenters. The van der Waals surface area contributed by atoms with Crippen molar-refractivity contribution in [1.82, 2.24) is 0 Å². The summed E-state index contributed by atoms with van der Waals surface area (Å²) in [6.07, 6.45) is 0. The Labute approximate surface area is 101 Å². The van der Waals surface area contributed by atoms with E-state index in [0.717, 1.165) is 24.3 Å². The summed E-state index contributed by atoms with van der Waals surface area (Å²) in [5.41, 5.74) is 0.189. The number of benzene rings is 2. The minimum absolute atomic E-state index is 0.0946. The molecule has 4 heteroatoms. The molecule has 2 aromatic rings. The van der Waals surface area contributed by atoms with Gasteiger partial charge in [-0.15, -0.1) is 0 Å². The Morgan fingerprint density at radius 2 is 0.778 bits per heavy atom. The van der Waals surface area contributed by atoms with Crippen LogP contribution >= 0.6 is 0 Å². The van der Waals surface area contributed by atoms with Gasteiger partial charge in [0.15, 0.2) is 0 Å². The van der Waals surface area contributed by atoms with Crippen LogP contribution in [0, 0.1) is 35.1 Å². The van der Waals surface area contributed by atoms with E-state index >= 15 is 0 Å². The summed E-state index contributed by atoms with van der Waals surface area (Å²) in [6, 6.07) is 5.56. The van der Waals surface area contributed by atoms with Crippen molar-refractivity contribution in [3.63, 3.8) is 0 Å². The first-order chi connectivity index (χ1) is 8.52. The van der Waals surface area contributed by atoms with E-state index < -0.39 is 23.3 Å². The van der Waals surface area contributed by atoms with E-state index in [0.29, 0.717) is 12.1 Å². The smallest absolute Gasteiger partial charge is 0.127 e. The molecule has 0 atom stereocenters. The van der Waals surface area contributed by atoms with E-state index in [1.807, 2.05) is 0 Å². The molecule has 0 saturated heterocycles. The summed E-state index contributed by atoms with van der Waals surface area (Å²) in [6.45, 7) is 0. The Balaban J connectivity index is 2.36. The number of hydrogen-bond donors (Lipinski definition) is 0. The summed E-state index contributed by atoms with van der Waals surface area (Å²) in [5, 5.41) is 0. The van der Waals surface area contributed by atoms with Gasteiger partial charge in [0.1, 0.15) is 23.3 Å². The van der Waals surface area contributed by atoms with Gasteiger partial charge in [-0.1, -0.05) is 11.8 Å². The molecule has 0 saturated carbocycles. The summed E-state index contributed by atoms with van der Waals surface area (Å²) in [4.78, 5) is 0. The van der Waals surface area contributed by atoms with Crippen molar-refractivity contribution in [2.75, 3.05) is 0 Å². The molecule has 2 rings (SSSR count). The minimum Gasteiger partial charge on any atom is -0.207 e. The minimum atomic E-state index is -0.760. The molecular weight excluding hydrogens is 244 g/mol. The standard InChI is InChI=1S/C14H6F4/c15-11-3-9(4-12(16)7-11)1-2-10-5-13(17)8-14(18)6-10/h3-8H. The van der Waals surface area contributed by atoms with Gasteiger partial charge in [0, 0.05) is 23.3 Å². The lowest BCUT2D eigenvalue weighted by atomic mass is 10.1. The van der Waals surface area contributed by atoms with Gasteiger partial charge in [-0.05, 0) is 24.3 Å². The van der Waals surface area contributed by atoms with Crippen LogP contribution in [-0.2, 0) is 0 Å². The Kier molecular flexibility index (Phi) is 3.33. The number of halogens is 4. The Morgan fingerprint density at radius 3 is 1.06 bits per heavy atom. The van der Waals surface area contributed by atoms with E-state index in [2.05, 4.69) is 11.8 Å².